The molecule has 214 valence electrons. The Morgan fingerprint density at radius 1 is 1.12 bits per heavy atom. The number of rotatable bonds is 6. The molecule has 8 atom stereocenters. The van der Waals surface area contributed by atoms with Crippen LogP contribution in [-0.2, 0) is 30.3 Å². The summed E-state index contributed by atoms with van der Waals surface area (Å²) < 4.78 is 12.6. The highest BCUT2D eigenvalue weighted by atomic mass is 16.6. The number of Topliss-reactive ketones (excluding diaryl/α,β-unsaturated/α-hetero) is 1. The van der Waals surface area contributed by atoms with Gasteiger partial charge in [-0.05, 0) is 43.9 Å². The number of allylic oxidation sites excluding steroid dienone is 2. The first-order valence-corrected chi connectivity index (χ1v) is 14.2. The zero-order valence-corrected chi connectivity index (χ0v) is 24.1. The number of hydrogen-bond acceptors (Lipinski definition) is 7. The summed E-state index contributed by atoms with van der Waals surface area (Å²) in [6.45, 7) is 10.7. The molecule has 1 aromatic rings. The van der Waals surface area contributed by atoms with Crippen LogP contribution in [0.15, 0.2) is 65.3 Å². The first kappa shape index (κ1) is 28.5. The second-order valence-corrected chi connectivity index (χ2v) is 12.7. The smallest absolute Gasteiger partial charge is 0.333 e. The predicted molar refractivity (Wildman–Crippen MR) is 149 cm³/mol. The molecule has 4 aliphatic carbocycles. The molecule has 0 saturated heterocycles. The van der Waals surface area contributed by atoms with Gasteiger partial charge in [-0.3, -0.25) is 9.59 Å². The molecule has 2 N–H and O–H groups in total. The fourth-order valence-electron chi connectivity index (χ4n) is 8.07. The van der Waals surface area contributed by atoms with Crippen LogP contribution in [-0.4, -0.2) is 51.8 Å². The number of hydrogen-bond donors (Lipinski definition) is 2. The predicted octanol–water partition coefficient (Wildman–Crippen LogP) is 4.13. The summed E-state index contributed by atoms with van der Waals surface area (Å²) in [6, 6.07) is 9.32. The van der Waals surface area contributed by atoms with Crippen LogP contribution >= 0.6 is 0 Å². The fraction of sp³-hybridized carbons (Fsp3) is 0.545. The van der Waals surface area contributed by atoms with Gasteiger partial charge >= 0.3 is 11.9 Å². The number of carbonyl (C=O) groups is 3. The first-order chi connectivity index (χ1) is 18.8. The summed E-state index contributed by atoms with van der Waals surface area (Å²) in [5, 5.41) is 23.0. The molecule has 0 radical (unpaired) electrons. The lowest BCUT2D eigenvalue weighted by molar-refractivity contribution is -0.218. The van der Waals surface area contributed by atoms with E-state index in [9.17, 15) is 24.6 Å². The SMILES string of the molecule is CC=C(C)C(=O)OC1C(C)C2(O)C3C=C(C)C(=O)C3CC(CO)=CC2C2C(C)(C)C12OC(=O)Cc1ccccc1. The zero-order valence-electron chi connectivity index (χ0n) is 24.1. The number of esters is 2. The minimum absolute atomic E-state index is 0.0369. The number of carbonyl (C=O) groups excluding carboxylic acids is 3. The molecular formula is C33H40O7. The highest BCUT2D eigenvalue weighted by molar-refractivity contribution is 6.00. The first-order valence-electron chi connectivity index (χ1n) is 14.2. The molecule has 0 heterocycles. The lowest BCUT2D eigenvalue weighted by Crippen LogP contribution is -2.63. The summed E-state index contributed by atoms with van der Waals surface area (Å²) in [6.07, 6.45) is 4.86. The molecule has 8 unspecified atom stereocenters. The van der Waals surface area contributed by atoms with Gasteiger partial charge in [-0.2, -0.15) is 0 Å². The minimum atomic E-state index is -1.47. The summed E-state index contributed by atoms with van der Waals surface area (Å²) in [5.41, 5.74) is -0.845. The minimum Gasteiger partial charge on any atom is -0.454 e. The molecular weight excluding hydrogens is 508 g/mol. The number of ether oxygens (including phenoxy) is 2. The van der Waals surface area contributed by atoms with Crippen molar-refractivity contribution in [3.8, 4) is 0 Å². The molecule has 7 nitrogen and oxygen atoms in total. The Hall–Kier alpha value is -3.03. The fourth-order valence-corrected chi connectivity index (χ4v) is 8.07. The number of fused-ring (bicyclic) bond motifs is 5. The highest BCUT2D eigenvalue weighted by Gasteiger charge is 2.87. The Balaban J connectivity index is 1.64. The second-order valence-electron chi connectivity index (χ2n) is 12.7. The molecule has 0 aromatic heterocycles. The maximum absolute atomic E-state index is 13.5. The largest absolute Gasteiger partial charge is 0.454 e. The topological polar surface area (TPSA) is 110 Å². The van der Waals surface area contributed by atoms with E-state index >= 15 is 0 Å². The van der Waals surface area contributed by atoms with E-state index in [0.29, 0.717) is 23.1 Å². The Kier molecular flexibility index (Phi) is 6.99. The third-order valence-electron chi connectivity index (χ3n) is 10.3. The van der Waals surface area contributed by atoms with Crippen LogP contribution in [0.25, 0.3) is 0 Å². The normalized spacial score (nSPS) is 37.7. The van der Waals surface area contributed by atoms with Crippen LogP contribution < -0.4 is 0 Å². The van der Waals surface area contributed by atoms with E-state index < -0.39 is 64.2 Å². The molecule has 4 aliphatic rings. The van der Waals surface area contributed by atoms with Gasteiger partial charge in [0.1, 0.15) is 6.10 Å². The van der Waals surface area contributed by atoms with Crippen LogP contribution in [0.5, 0.6) is 0 Å². The third-order valence-corrected chi connectivity index (χ3v) is 10.3. The van der Waals surface area contributed by atoms with Crippen molar-refractivity contribution in [3.05, 3.63) is 70.8 Å². The Morgan fingerprint density at radius 2 is 1.80 bits per heavy atom. The summed E-state index contributed by atoms with van der Waals surface area (Å²) >= 11 is 0. The van der Waals surface area contributed by atoms with E-state index in [-0.39, 0.29) is 18.8 Å². The van der Waals surface area contributed by atoms with E-state index in [1.54, 1.807) is 26.8 Å². The van der Waals surface area contributed by atoms with Gasteiger partial charge in [0.2, 0.25) is 0 Å². The Bertz CT molecular complexity index is 1320. The third kappa shape index (κ3) is 3.96. The van der Waals surface area contributed by atoms with Crippen molar-refractivity contribution in [2.24, 2.45) is 35.0 Å². The van der Waals surface area contributed by atoms with Crippen LogP contribution in [0.2, 0.25) is 0 Å². The molecule has 0 bridgehead atoms. The van der Waals surface area contributed by atoms with E-state index in [1.165, 1.54) is 0 Å². The Labute approximate surface area is 235 Å². The summed E-state index contributed by atoms with van der Waals surface area (Å²) in [7, 11) is 0. The van der Waals surface area contributed by atoms with E-state index in [2.05, 4.69) is 0 Å². The van der Waals surface area contributed by atoms with Crippen LogP contribution in [0.1, 0.15) is 53.5 Å². The van der Waals surface area contributed by atoms with Gasteiger partial charge in [0, 0.05) is 40.6 Å². The molecule has 1 aromatic carbocycles. The van der Waals surface area contributed by atoms with Crippen molar-refractivity contribution >= 4 is 17.7 Å². The van der Waals surface area contributed by atoms with Crippen LogP contribution in [0.3, 0.4) is 0 Å². The van der Waals surface area contributed by atoms with Gasteiger partial charge in [-0.15, -0.1) is 0 Å². The monoisotopic (exact) mass is 548 g/mol. The molecule has 5 rings (SSSR count). The molecule has 2 fully saturated rings. The van der Waals surface area contributed by atoms with Crippen LogP contribution in [0.4, 0.5) is 0 Å². The van der Waals surface area contributed by atoms with Crippen molar-refractivity contribution < 1.29 is 34.1 Å². The van der Waals surface area contributed by atoms with Crippen LogP contribution in [0, 0.1) is 35.0 Å². The van der Waals surface area contributed by atoms with Gasteiger partial charge in [-0.25, -0.2) is 4.79 Å². The maximum Gasteiger partial charge on any atom is 0.333 e. The van der Waals surface area contributed by atoms with Gasteiger partial charge in [0.25, 0.3) is 0 Å². The van der Waals surface area contributed by atoms with Gasteiger partial charge in [-0.1, -0.05) is 69.3 Å². The molecule has 0 spiro atoms. The van der Waals surface area contributed by atoms with Crippen molar-refractivity contribution in [2.45, 2.75) is 71.7 Å². The zero-order chi connectivity index (χ0) is 29.2. The number of aliphatic hydroxyl groups is 2. The van der Waals surface area contributed by atoms with Crippen molar-refractivity contribution in [3.63, 3.8) is 0 Å². The molecule has 7 heteroatoms. The van der Waals surface area contributed by atoms with E-state index in [4.69, 9.17) is 9.47 Å². The molecule has 40 heavy (non-hydrogen) atoms. The number of benzene rings is 1. The standard InChI is InChI=1S/C33H40O7/c1-7-18(2)30(37)39-29-20(4)32(38)24-13-19(3)27(36)23(24)14-22(17-34)15-25(32)28-31(5,6)33(28,29)40-26(35)16-21-11-9-8-10-12-21/h7-13,15,20,23-25,28-29,34,38H,14,16-17H2,1-6H3. The molecule has 0 amide bonds. The van der Waals surface area contributed by atoms with Gasteiger partial charge in [0.05, 0.1) is 18.6 Å². The summed E-state index contributed by atoms with van der Waals surface area (Å²) in [5.74, 6) is -3.69. The van der Waals surface area contributed by atoms with Crippen molar-refractivity contribution in [1.82, 2.24) is 0 Å². The van der Waals surface area contributed by atoms with Crippen molar-refractivity contribution in [2.75, 3.05) is 6.61 Å². The Morgan fingerprint density at radius 3 is 2.42 bits per heavy atom. The lowest BCUT2D eigenvalue weighted by atomic mass is 9.59. The van der Waals surface area contributed by atoms with Gasteiger partial charge < -0.3 is 19.7 Å². The van der Waals surface area contributed by atoms with E-state index in [0.717, 1.165) is 5.56 Å². The van der Waals surface area contributed by atoms with E-state index in [1.807, 2.05) is 63.3 Å². The average Bonchev–Trinajstić information content (AvgIpc) is 3.32. The quantitative estimate of drug-likeness (QED) is 0.313. The number of ketones is 1. The summed E-state index contributed by atoms with van der Waals surface area (Å²) in [4.78, 5) is 39.9. The van der Waals surface area contributed by atoms with Gasteiger partial charge in [0.15, 0.2) is 11.4 Å². The number of aliphatic hydroxyl groups excluding tert-OH is 1. The molecule has 2 saturated carbocycles. The average molecular weight is 549 g/mol. The lowest BCUT2D eigenvalue weighted by Gasteiger charge is -2.52. The van der Waals surface area contributed by atoms with Crippen molar-refractivity contribution in [1.29, 1.82) is 0 Å². The second kappa shape index (κ2) is 9.81. The highest BCUT2D eigenvalue weighted by Crippen LogP contribution is 2.77. The molecule has 0 aliphatic heterocycles. The maximum atomic E-state index is 13.5.